The number of nitrogens with zero attached hydrogens (tertiary/aromatic N) is 1. The predicted molar refractivity (Wildman–Crippen MR) is 115 cm³/mol. The maximum absolute atomic E-state index is 5.88. The molecule has 0 aromatic heterocycles. The molecule has 1 aliphatic rings. The highest BCUT2D eigenvalue weighted by Crippen LogP contribution is 2.33. The second-order valence-corrected chi connectivity index (χ2v) is 9.34. The predicted octanol–water partition coefficient (Wildman–Crippen LogP) is 4.16. The molecule has 4 nitrogen and oxygen atoms in total. The van der Waals surface area contributed by atoms with E-state index in [0.717, 1.165) is 37.3 Å². The quantitative estimate of drug-likeness (QED) is 0.695. The second kappa shape index (κ2) is 7.53. The molecule has 4 heteroatoms. The molecule has 0 aliphatic carbocycles. The maximum Gasteiger partial charge on any atom is 0.0314 e. The molecular weight excluding hydrogens is 332 g/mol. The first-order valence-electron chi connectivity index (χ1n) is 9.84. The van der Waals surface area contributed by atoms with Crippen LogP contribution in [0.5, 0.6) is 0 Å². The molecule has 1 fully saturated rings. The molecule has 2 aromatic rings. The molecular formula is C23H34N4. The fraction of sp³-hybridized carbons (Fsp3) is 0.478. The molecule has 1 saturated heterocycles. The van der Waals surface area contributed by atoms with E-state index in [1.54, 1.807) is 0 Å². The summed E-state index contributed by atoms with van der Waals surface area (Å²) in [6.45, 7) is 11.1. The van der Waals surface area contributed by atoms with E-state index >= 15 is 0 Å². The van der Waals surface area contributed by atoms with Crippen molar-refractivity contribution in [2.24, 2.45) is 0 Å². The van der Waals surface area contributed by atoms with E-state index in [2.05, 4.69) is 62.2 Å². The lowest BCUT2D eigenvalue weighted by atomic mass is 9.78. The zero-order valence-corrected chi connectivity index (χ0v) is 17.1. The van der Waals surface area contributed by atoms with Crippen LogP contribution in [0.3, 0.4) is 0 Å². The van der Waals surface area contributed by atoms with Crippen LogP contribution in [-0.2, 0) is 13.1 Å². The van der Waals surface area contributed by atoms with Gasteiger partial charge in [-0.25, -0.2) is 0 Å². The summed E-state index contributed by atoms with van der Waals surface area (Å²) in [7, 11) is 0. The van der Waals surface area contributed by atoms with Gasteiger partial charge in [0.2, 0.25) is 0 Å². The lowest BCUT2D eigenvalue weighted by molar-refractivity contribution is 0.0564. The van der Waals surface area contributed by atoms with Gasteiger partial charge in [-0.05, 0) is 75.9 Å². The van der Waals surface area contributed by atoms with Crippen molar-refractivity contribution >= 4 is 11.4 Å². The molecule has 0 radical (unpaired) electrons. The van der Waals surface area contributed by atoms with Crippen LogP contribution in [0.15, 0.2) is 48.5 Å². The Morgan fingerprint density at radius 3 is 1.52 bits per heavy atom. The van der Waals surface area contributed by atoms with E-state index in [1.807, 2.05) is 24.3 Å². The zero-order valence-electron chi connectivity index (χ0n) is 17.1. The van der Waals surface area contributed by atoms with Gasteiger partial charge >= 0.3 is 0 Å². The van der Waals surface area contributed by atoms with Gasteiger partial charge in [0.15, 0.2) is 0 Å². The maximum atomic E-state index is 5.88. The molecule has 3 rings (SSSR count). The number of piperidine rings is 1. The van der Waals surface area contributed by atoms with Crippen molar-refractivity contribution in [3.63, 3.8) is 0 Å². The van der Waals surface area contributed by atoms with Crippen LogP contribution in [-0.4, -0.2) is 22.0 Å². The van der Waals surface area contributed by atoms with Gasteiger partial charge in [-0.1, -0.05) is 24.3 Å². The summed E-state index contributed by atoms with van der Waals surface area (Å²) in [5.41, 5.74) is 16.2. The molecule has 146 valence electrons. The van der Waals surface area contributed by atoms with Gasteiger partial charge in [0.05, 0.1) is 0 Å². The molecule has 0 atom stereocenters. The first kappa shape index (κ1) is 19.7. The van der Waals surface area contributed by atoms with Crippen molar-refractivity contribution in [3.05, 3.63) is 59.7 Å². The number of nitrogens with one attached hydrogen (secondary N) is 1. The third kappa shape index (κ3) is 5.47. The van der Waals surface area contributed by atoms with E-state index in [-0.39, 0.29) is 11.1 Å². The first-order chi connectivity index (χ1) is 12.6. The summed E-state index contributed by atoms with van der Waals surface area (Å²) in [6, 6.07) is 17.0. The molecule has 0 bridgehead atoms. The zero-order chi connectivity index (χ0) is 19.7. The minimum Gasteiger partial charge on any atom is -0.399 e. The third-order valence-corrected chi connectivity index (χ3v) is 5.42. The molecule has 5 N–H and O–H groups in total. The van der Waals surface area contributed by atoms with Crippen molar-refractivity contribution in [1.82, 2.24) is 10.2 Å². The molecule has 0 unspecified atom stereocenters. The molecule has 1 heterocycles. The van der Waals surface area contributed by atoms with E-state index in [0.29, 0.717) is 6.04 Å². The van der Waals surface area contributed by atoms with Gasteiger partial charge in [-0.3, -0.25) is 4.90 Å². The van der Waals surface area contributed by atoms with E-state index in [1.165, 1.54) is 11.1 Å². The van der Waals surface area contributed by atoms with Crippen molar-refractivity contribution in [3.8, 4) is 0 Å². The average Bonchev–Trinajstić information content (AvgIpc) is 2.55. The Morgan fingerprint density at radius 1 is 0.778 bits per heavy atom. The Balaban J connectivity index is 1.85. The van der Waals surface area contributed by atoms with Crippen LogP contribution in [0.2, 0.25) is 0 Å². The highest BCUT2D eigenvalue weighted by atomic mass is 15.2. The number of rotatable bonds is 5. The van der Waals surface area contributed by atoms with Crippen molar-refractivity contribution in [2.75, 3.05) is 11.5 Å². The summed E-state index contributed by atoms with van der Waals surface area (Å²) in [4.78, 5) is 2.61. The van der Waals surface area contributed by atoms with Crippen LogP contribution in [0.1, 0.15) is 51.7 Å². The number of hydrogen-bond donors (Lipinski definition) is 3. The van der Waals surface area contributed by atoms with Crippen LogP contribution >= 0.6 is 0 Å². The van der Waals surface area contributed by atoms with Crippen molar-refractivity contribution in [2.45, 2.75) is 70.7 Å². The Labute approximate surface area is 163 Å². The summed E-state index contributed by atoms with van der Waals surface area (Å²) < 4.78 is 0. The summed E-state index contributed by atoms with van der Waals surface area (Å²) in [6.07, 6.45) is 2.25. The van der Waals surface area contributed by atoms with Crippen molar-refractivity contribution in [1.29, 1.82) is 0 Å². The Morgan fingerprint density at radius 2 is 1.15 bits per heavy atom. The minimum atomic E-state index is 0.118. The fourth-order valence-corrected chi connectivity index (χ4v) is 4.56. The van der Waals surface area contributed by atoms with Gasteiger partial charge in [0, 0.05) is 41.6 Å². The van der Waals surface area contributed by atoms with Crippen LogP contribution in [0.4, 0.5) is 11.4 Å². The summed E-state index contributed by atoms with van der Waals surface area (Å²) in [5.74, 6) is 0. The Kier molecular flexibility index (Phi) is 5.50. The smallest absolute Gasteiger partial charge is 0.0314 e. The topological polar surface area (TPSA) is 67.3 Å². The molecule has 0 saturated carbocycles. The lowest BCUT2D eigenvalue weighted by Crippen LogP contribution is -2.62. The van der Waals surface area contributed by atoms with Gasteiger partial charge in [-0.15, -0.1) is 0 Å². The van der Waals surface area contributed by atoms with Gasteiger partial charge < -0.3 is 16.8 Å². The number of nitrogens with two attached hydrogens (primary N) is 2. The molecule has 2 aromatic carbocycles. The fourth-order valence-electron chi connectivity index (χ4n) is 4.56. The van der Waals surface area contributed by atoms with Crippen molar-refractivity contribution < 1.29 is 0 Å². The van der Waals surface area contributed by atoms with Crippen LogP contribution < -0.4 is 16.8 Å². The highest BCUT2D eigenvalue weighted by Gasteiger charge is 2.39. The van der Waals surface area contributed by atoms with Gasteiger partial charge in [0.25, 0.3) is 0 Å². The number of nitrogen functional groups attached to an aromatic ring is 2. The third-order valence-electron chi connectivity index (χ3n) is 5.42. The van der Waals surface area contributed by atoms with E-state index in [4.69, 9.17) is 11.5 Å². The summed E-state index contributed by atoms with van der Waals surface area (Å²) >= 11 is 0. The molecule has 1 aliphatic heterocycles. The number of benzene rings is 2. The Hall–Kier alpha value is -2.04. The molecule has 0 spiro atoms. The number of hydrogen-bond acceptors (Lipinski definition) is 4. The lowest BCUT2D eigenvalue weighted by Gasteiger charge is -2.49. The minimum absolute atomic E-state index is 0.118. The highest BCUT2D eigenvalue weighted by molar-refractivity contribution is 5.40. The SMILES string of the molecule is CC1(C)CC(N(Cc2ccc(N)cc2)Cc2ccc(N)cc2)CC(C)(C)N1. The van der Waals surface area contributed by atoms with Gasteiger partial charge in [0.1, 0.15) is 0 Å². The molecule has 27 heavy (non-hydrogen) atoms. The number of anilines is 2. The Bertz CT molecular complexity index is 683. The first-order valence-corrected chi connectivity index (χ1v) is 9.84. The summed E-state index contributed by atoms with van der Waals surface area (Å²) in [5, 5.41) is 3.80. The molecule has 0 amide bonds. The largest absolute Gasteiger partial charge is 0.399 e. The second-order valence-electron chi connectivity index (χ2n) is 9.34. The standard InChI is InChI=1S/C23H34N4/c1-22(2)13-21(14-23(3,4)26-22)27(15-17-5-9-19(24)10-6-17)16-18-7-11-20(25)12-8-18/h5-12,21,26H,13-16,24-25H2,1-4H3. The van der Waals surface area contributed by atoms with Crippen LogP contribution in [0, 0.1) is 0 Å². The van der Waals surface area contributed by atoms with E-state index in [9.17, 15) is 0 Å². The van der Waals surface area contributed by atoms with E-state index < -0.39 is 0 Å². The van der Waals surface area contributed by atoms with Gasteiger partial charge in [-0.2, -0.15) is 0 Å². The monoisotopic (exact) mass is 366 g/mol. The van der Waals surface area contributed by atoms with Crippen LogP contribution in [0.25, 0.3) is 0 Å². The normalized spacial score (nSPS) is 19.3. The average molecular weight is 367 g/mol.